The van der Waals surface area contributed by atoms with Gasteiger partial charge in [0.05, 0.1) is 12.7 Å². The molecule has 0 radical (unpaired) electrons. The number of carbonyl (C=O) groups is 2. The molecule has 1 aliphatic rings. The van der Waals surface area contributed by atoms with Crippen LogP contribution in [0.3, 0.4) is 0 Å². The minimum atomic E-state index is -0.346. The monoisotopic (exact) mass is 370 g/mol. The van der Waals surface area contributed by atoms with Crippen LogP contribution in [0.1, 0.15) is 27.9 Å². The first kappa shape index (κ1) is 18.9. The number of hydrogen-bond acceptors (Lipinski definition) is 3. The normalized spacial score (nSPS) is 16.2. The van der Waals surface area contributed by atoms with Crippen LogP contribution in [0, 0.1) is 11.7 Å². The minimum Gasteiger partial charge on any atom is -0.465 e. The molecule has 1 aliphatic heterocycles. The van der Waals surface area contributed by atoms with E-state index in [1.165, 1.54) is 19.2 Å². The summed E-state index contributed by atoms with van der Waals surface area (Å²) < 4.78 is 18.0. The van der Waals surface area contributed by atoms with Crippen LogP contribution in [-0.2, 0) is 17.7 Å². The van der Waals surface area contributed by atoms with E-state index >= 15 is 0 Å². The summed E-state index contributed by atoms with van der Waals surface area (Å²) in [5.74, 6) is -0.309. The Morgan fingerprint density at radius 2 is 1.96 bits per heavy atom. The first-order valence-electron chi connectivity index (χ1n) is 8.99. The van der Waals surface area contributed by atoms with E-state index in [1.807, 2.05) is 18.2 Å². The molecule has 1 fully saturated rings. The van der Waals surface area contributed by atoms with Gasteiger partial charge in [0.1, 0.15) is 5.82 Å². The number of hydrogen-bond donors (Lipinski definition) is 1. The van der Waals surface area contributed by atoms with E-state index in [4.69, 9.17) is 4.74 Å². The summed E-state index contributed by atoms with van der Waals surface area (Å²) in [5.41, 5.74) is 2.33. The Kier molecular flexibility index (Phi) is 6.06. The Balaban J connectivity index is 1.51. The van der Waals surface area contributed by atoms with Crippen LogP contribution >= 0.6 is 0 Å². The summed E-state index contributed by atoms with van der Waals surface area (Å²) in [6.07, 6.45) is 1.72. The van der Waals surface area contributed by atoms with Crippen molar-refractivity contribution in [3.05, 3.63) is 71.0 Å². The molecule has 2 amide bonds. The van der Waals surface area contributed by atoms with Crippen LogP contribution in [0.2, 0.25) is 0 Å². The predicted octanol–water partition coefficient (Wildman–Crippen LogP) is 3.39. The van der Waals surface area contributed by atoms with E-state index in [0.717, 1.165) is 24.0 Å². The van der Waals surface area contributed by atoms with Crippen molar-refractivity contribution in [2.24, 2.45) is 5.92 Å². The number of benzene rings is 2. The molecule has 1 unspecified atom stereocenters. The maximum atomic E-state index is 13.2. The highest BCUT2D eigenvalue weighted by atomic mass is 19.1. The zero-order valence-corrected chi connectivity index (χ0v) is 15.3. The molecule has 1 N–H and O–H groups in total. The molecule has 1 saturated heterocycles. The predicted molar refractivity (Wildman–Crippen MR) is 99.8 cm³/mol. The van der Waals surface area contributed by atoms with Gasteiger partial charge in [-0.2, -0.15) is 0 Å². The molecule has 1 heterocycles. The van der Waals surface area contributed by atoms with E-state index in [2.05, 4.69) is 5.32 Å². The summed E-state index contributed by atoms with van der Waals surface area (Å²) >= 11 is 0. The lowest BCUT2D eigenvalue weighted by molar-refractivity contribution is 0.0600. The van der Waals surface area contributed by atoms with Crippen molar-refractivity contribution >= 4 is 12.0 Å². The molecule has 5 nitrogen and oxygen atoms in total. The number of likely N-dealkylation sites (tertiary alicyclic amines) is 1. The maximum absolute atomic E-state index is 13.2. The molecule has 0 aromatic heterocycles. The van der Waals surface area contributed by atoms with Crippen LogP contribution < -0.4 is 5.32 Å². The molecule has 6 heteroatoms. The number of nitrogens with zero attached hydrogens (tertiary/aromatic N) is 1. The third-order valence-electron chi connectivity index (χ3n) is 4.78. The Labute approximate surface area is 158 Å². The highest BCUT2D eigenvalue weighted by Crippen LogP contribution is 2.21. The second-order valence-corrected chi connectivity index (χ2v) is 6.79. The van der Waals surface area contributed by atoms with Gasteiger partial charge in [0, 0.05) is 19.6 Å². The Morgan fingerprint density at radius 1 is 1.19 bits per heavy atom. The van der Waals surface area contributed by atoms with Gasteiger partial charge in [-0.25, -0.2) is 14.0 Å². The third-order valence-corrected chi connectivity index (χ3v) is 4.78. The third kappa shape index (κ3) is 5.06. The van der Waals surface area contributed by atoms with Gasteiger partial charge in [0.2, 0.25) is 0 Å². The highest BCUT2D eigenvalue weighted by Gasteiger charge is 2.26. The number of carbonyl (C=O) groups excluding carboxylic acids is 2. The van der Waals surface area contributed by atoms with Gasteiger partial charge >= 0.3 is 12.0 Å². The van der Waals surface area contributed by atoms with Crippen LogP contribution in [0.4, 0.5) is 9.18 Å². The maximum Gasteiger partial charge on any atom is 0.337 e. The SMILES string of the molecule is COC(=O)c1cccc(CC2CCN(C(=O)NCc3cccc(F)c3)C2)c1. The minimum absolute atomic E-state index is 0.134. The molecule has 0 spiro atoms. The molecular formula is C21H23FN2O3. The van der Waals surface area contributed by atoms with Crippen molar-refractivity contribution in [3.63, 3.8) is 0 Å². The van der Waals surface area contributed by atoms with Gasteiger partial charge in [-0.3, -0.25) is 0 Å². The van der Waals surface area contributed by atoms with Gasteiger partial charge in [0.15, 0.2) is 0 Å². The molecule has 27 heavy (non-hydrogen) atoms. The Bertz CT molecular complexity index is 825. The number of esters is 1. The summed E-state index contributed by atoms with van der Waals surface area (Å²) in [6.45, 7) is 1.66. The van der Waals surface area contributed by atoms with E-state index in [9.17, 15) is 14.0 Å². The summed E-state index contributed by atoms with van der Waals surface area (Å²) in [4.78, 5) is 25.8. The van der Waals surface area contributed by atoms with Crippen molar-refractivity contribution in [2.45, 2.75) is 19.4 Å². The molecule has 0 bridgehead atoms. The van der Waals surface area contributed by atoms with Gasteiger partial charge in [-0.1, -0.05) is 24.3 Å². The summed E-state index contributed by atoms with van der Waals surface area (Å²) in [5, 5.41) is 2.84. The largest absolute Gasteiger partial charge is 0.465 e. The van der Waals surface area contributed by atoms with Gasteiger partial charge in [0.25, 0.3) is 0 Å². The number of methoxy groups -OCH3 is 1. The first-order chi connectivity index (χ1) is 13.0. The van der Waals surface area contributed by atoms with E-state index < -0.39 is 0 Å². The molecule has 142 valence electrons. The molecule has 2 aromatic rings. The molecule has 2 aromatic carbocycles. The zero-order chi connectivity index (χ0) is 19.2. The smallest absolute Gasteiger partial charge is 0.337 e. The molecule has 0 saturated carbocycles. The van der Waals surface area contributed by atoms with Crippen LogP contribution in [-0.4, -0.2) is 37.1 Å². The second kappa shape index (κ2) is 8.66. The average Bonchev–Trinajstić information content (AvgIpc) is 3.14. The first-order valence-corrected chi connectivity index (χ1v) is 8.99. The van der Waals surface area contributed by atoms with Crippen LogP contribution in [0.5, 0.6) is 0 Å². The average molecular weight is 370 g/mol. The molecule has 3 rings (SSSR count). The summed E-state index contributed by atoms with van der Waals surface area (Å²) in [6, 6.07) is 13.5. The molecular weight excluding hydrogens is 347 g/mol. The fourth-order valence-corrected chi connectivity index (χ4v) is 3.40. The lowest BCUT2D eigenvalue weighted by Crippen LogP contribution is -2.38. The van der Waals surface area contributed by atoms with Gasteiger partial charge in [-0.15, -0.1) is 0 Å². The topological polar surface area (TPSA) is 58.6 Å². The Hall–Kier alpha value is -2.89. The van der Waals surface area contributed by atoms with Crippen molar-refractivity contribution in [3.8, 4) is 0 Å². The highest BCUT2D eigenvalue weighted by molar-refractivity contribution is 5.89. The van der Waals surface area contributed by atoms with Gasteiger partial charge < -0.3 is 15.0 Å². The standard InChI is InChI=1S/C21H23FN2O3/c1-27-20(25)18-6-2-4-15(11-18)10-17-8-9-24(14-17)21(26)23-13-16-5-3-7-19(22)12-16/h2-7,11-12,17H,8-10,13-14H2,1H3,(H,23,26). The number of nitrogens with one attached hydrogen (secondary N) is 1. The molecule has 0 aliphatic carbocycles. The quantitative estimate of drug-likeness (QED) is 0.821. The number of rotatable bonds is 5. The number of ether oxygens (including phenoxy) is 1. The van der Waals surface area contributed by atoms with E-state index in [0.29, 0.717) is 31.1 Å². The number of halogens is 1. The van der Waals surface area contributed by atoms with Crippen LogP contribution in [0.25, 0.3) is 0 Å². The summed E-state index contributed by atoms with van der Waals surface area (Å²) in [7, 11) is 1.37. The lowest BCUT2D eigenvalue weighted by atomic mass is 9.97. The van der Waals surface area contributed by atoms with E-state index in [1.54, 1.807) is 23.1 Å². The van der Waals surface area contributed by atoms with Crippen molar-refractivity contribution in [1.82, 2.24) is 10.2 Å². The number of amides is 2. The Morgan fingerprint density at radius 3 is 2.74 bits per heavy atom. The fourth-order valence-electron chi connectivity index (χ4n) is 3.40. The van der Waals surface area contributed by atoms with Crippen molar-refractivity contribution in [2.75, 3.05) is 20.2 Å². The van der Waals surface area contributed by atoms with E-state index in [-0.39, 0.29) is 17.8 Å². The van der Waals surface area contributed by atoms with Gasteiger partial charge in [-0.05, 0) is 54.2 Å². The molecule has 1 atom stereocenters. The van der Waals surface area contributed by atoms with Crippen LogP contribution in [0.15, 0.2) is 48.5 Å². The zero-order valence-electron chi connectivity index (χ0n) is 15.3. The fraction of sp³-hybridized carbons (Fsp3) is 0.333. The van der Waals surface area contributed by atoms with Crippen molar-refractivity contribution < 1.29 is 18.7 Å². The number of urea groups is 1. The van der Waals surface area contributed by atoms with Crippen molar-refractivity contribution in [1.29, 1.82) is 0 Å². The lowest BCUT2D eigenvalue weighted by Gasteiger charge is -2.17. The second-order valence-electron chi connectivity index (χ2n) is 6.79.